The van der Waals surface area contributed by atoms with E-state index < -0.39 is 0 Å². The zero-order chi connectivity index (χ0) is 10.9. The second-order valence-electron chi connectivity index (χ2n) is 4.57. The van der Waals surface area contributed by atoms with Crippen LogP contribution in [0, 0.1) is 0 Å². The zero-order valence-corrected chi connectivity index (χ0v) is 9.89. The minimum Gasteiger partial charge on any atom is -0.384 e. The minimum absolute atomic E-state index is 0.0237. The summed E-state index contributed by atoms with van der Waals surface area (Å²) in [5, 5.41) is 0. The third-order valence-corrected chi connectivity index (χ3v) is 2.38. The van der Waals surface area contributed by atoms with Crippen LogP contribution in [-0.4, -0.2) is 9.55 Å². The number of nitrogens with two attached hydrogens (primary N) is 1. The lowest BCUT2D eigenvalue weighted by Gasteiger charge is -2.24. The molecule has 0 saturated heterocycles. The van der Waals surface area contributed by atoms with E-state index in [0.29, 0.717) is 0 Å². The molecular weight excluding hydrogens is 174 g/mol. The second-order valence-corrected chi connectivity index (χ2v) is 4.57. The van der Waals surface area contributed by atoms with Crippen LogP contribution in [-0.2, 0) is 18.4 Å². The van der Waals surface area contributed by atoms with Crippen molar-refractivity contribution in [1.29, 1.82) is 0 Å². The van der Waals surface area contributed by atoms with Gasteiger partial charge in [-0.25, -0.2) is 4.98 Å². The van der Waals surface area contributed by atoms with Crippen molar-refractivity contribution in [3.05, 3.63) is 11.5 Å². The molecule has 0 atom stereocenters. The molecule has 3 nitrogen and oxygen atoms in total. The molecule has 1 rings (SSSR count). The van der Waals surface area contributed by atoms with Crippen molar-refractivity contribution < 1.29 is 0 Å². The van der Waals surface area contributed by atoms with E-state index in [1.165, 1.54) is 0 Å². The molecule has 0 spiro atoms. The summed E-state index contributed by atoms with van der Waals surface area (Å²) < 4.78 is 2.14. The SMILES string of the molecule is CCc1nc(CC)n(C(C)(C)C)c1N. The first kappa shape index (κ1) is 11.1. The molecule has 0 saturated carbocycles. The van der Waals surface area contributed by atoms with E-state index >= 15 is 0 Å². The molecule has 0 aliphatic carbocycles. The summed E-state index contributed by atoms with van der Waals surface area (Å²) >= 11 is 0. The number of rotatable bonds is 2. The smallest absolute Gasteiger partial charge is 0.127 e. The maximum atomic E-state index is 6.08. The molecule has 0 amide bonds. The highest BCUT2D eigenvalue weighted by Crippen LogP contribution is 2.25. The summed E-state index contributed by atoms with van der Waals surface area (Å²) in [5.74, 6) is 1.92. The van der Waals surface area contributed by atoms with Gasteiger partial charge in [-0.3, -0.25) is 0 Å². The molecule has 0 radical (unpaired) electrons. The Bertz CT molecular complexity index is 318. The first-order valence-electron chi connectivity index (χ1n) is 5.28. The van der Waals surface area contributed by atoms with Gasteiger partial charge in [0.25, 0.3) is 0 Å². The standard InChI is InChI=1S/C11H21N3/c1-6-8-10(12)14(11(3,4)5)9(7-2)13-8/h6-7,12H2,1-5H3. The van der Waals surface area contributed by atoms with Gasteiger partial charge in [0.15, 0.2) is 0 Å². The van der Waals surface area contributed by atoms with E-state index in [4.69, 9.17) is 5.73 Å². The Hall–Kier alpha value is -0.990. The lowest BCUT2D eigenvalue weighted by molar-refractivity contribution is 0.389. The lowest BCUT2D eigenvalue weighted by Crippen LogP contribution is -2.25. The highest BCUT2D eigenvalue weighted by atomic mass is 15.2. The van der Waals surface area contributed by atoms with Gasteiger partial charge in [0.05, 0.1) is 5.69 Å². The van der Waals surface area contributed by atoms with Gasteiger partial charge in [-0.1, -0.05) is 13.8 Å². The monoisotopic (exact) mass is 195 g/mol. The number of aryl methyl sites for hydroxylation is 2. The van der Waals surface area contributed by atoms with Gasteiger partial charge in [-0.15, -0.1) is 0 Å². The van der Waals surface area contributed by atoms with Gasteiger partial charge in [0, 0.05) is 12.0 Å². The van der Waals surface area contributed by atoms with Crippen LogP contribution in [0.15, 0.2) is 0 Å². The number of nitrogens with zero attached hydrogens (tertiary/aromatic N) is 2. The maximum absolute atomic E-state index is 6.08. The highest BCUT2D eigenvalue weighted by Gasteiger charge is 2.21. The average Bonchev–Trinajstić information content (AvgIpc) is 2.40. The molecule has 0 aromatic carbocycles. The third kappa shape index (κ3) is 1.76. The van der Waals surface area contributed by atoms with Gasteiger partial charge < -0.3 is 10.3 Å². The van der Waals surface area contributed by atoms with Gasteiger partial charge in [0.2, 0.25) is 0 Å². The lowest BCUT2D eigenvalue weighted by atomic mass is 10.1. The average molecular weight is 195 g/mol. The van der Waals surface area contributed by atoms with Crippen LogP contribution in [0.5, 0.6) is 0 Å². The van der Waals surface area contributed by atoms with Gasteiger partial charge >= 0.3 is 0 Å². The van der Waals surface area contributed by atoms with Crippen LogP contribution in [0.3, 0.4) is 0 Å². The Balaban J connectivity index is 3.32. The van der Waals surface area contributed by atoms with Crippen molar-refractivity contribution in [2.24, 2.45) is 0 Å². The molecule has 0 bridgehead atoms. The Labute approximate surface area is 86.3 Å². The van der Waals surface area contributed by atoms with Gasteiger partial charge in [0.1, 0.15) is 11.6 Å². The van der Waals surface area contributed by atoms with Crippen LogP contribution in [0.4, 0.5) is 5.82 Å². The first-order chi connectivity index (χ1) is 6.41. The number of hydrogen-bond acceptors (Lipinski definition) is 2. The van der Waals surface area contributed by atoms with E-state index in [0.717, 1.165) is 30.2 Å². The summed E-state index contributed by atoms with van der Waals surface area (Å²) in [7, 11) is 0. The summed E-state index contributed by atoms with van der Waals surface area (Å²) in [5.41, 5.74) is 7.13. The number of anilines is 1. The highest BCUT2D eigenvalue weighted by molar-refractivity contribution is 5.39. The van der Waals surface area contributed by atoms with Crippen molar-refractivity contribution in [2.75, 3.05) is 5.73 Å². The molecule has 1 aromatic rings. The molecular formula is C11H21N3. The van der Waals surface area contributed by atoms with Crippen LogP contribution >= 0.6 is 0 Å². The molecule has 1 aromatic heterocycles. The van der Waals surface area contributed by atoms with Crippen molar-refractivity contribution >= 4 is 5.82 Å². The fourth-order valence-electron chi connectivity index (χ4n) is 1.78. The number of nitrogen functional groups attached to an aromatic ring is 1. The minimum atomic E-state index is 0.0237. The van der Waals surface area contributed by atoms with Crippen molar-refractivity contribution in [3.63, 3.8) is 0 Å². The fraction of sp³-hybridized carbons (Fsp3) is 0.727. The molecule has 2 N–H and O–H groups in total. The maximum Gasteiger partial charge on any atom is 0.127 e. The summed E-state index contributed by atoms with van der Waals surface area (Å²) in [6, 6.07) is 0. The Morgan fingerprint density at radius 1 is 1.21 bits per heavy atom. The number of imidazole rings is 1. The van der Waals surface area contributed by atoms with Crippen LogP contribution in [0.2, 0.25) is 0 Å². The van der Waals surface area contributed by atoms with Gasteiger partial charge in [-0.2, -0.15) is 0 Å². The van der Waals surface area contributed by atoms with Crippen LogP contribution < -0.4 is 5.73 Å². The largest absolute Gasteiger partial charge is 0.384 e. The molecule has 0 unspecified atom stereocenters. The molecule has 1 heterocycles. The van der Waals surface area contributed by atoms with E-state index in [2.05, 4.69) is 44.2 Å². The van der Waals surface area contributed by atoms with Crippen LogP contribution in [0.1, 0.15) is 46.1 Å². The predicted molar refractivity (Wildman–Crippen MR) is 60.4 cm³/mol. The normalized spacial score (nSPS) is 12.1. The number of aromatic nitrogens is 2. The van der Waals surface area contributed by atoms with E-state index in [9.17, 15) is 0 Å². The van der Waals surface area contributed by atoms with Crippen molar-refractivity contribution in [3.8, 4) is 0 Å². The Kier molecular flexibility index (Phi) is 2.88. The van der Waals surface area contributed by atoms with Crippen molar-refractivity contribution in [2.45, 2.75) is 53.0 Å². The van der Waals surface area contributed by atoms with Gasteiger partial charge in [-0.05, 0) is 27.2 Å². The molecule has 0 aliphatic rings. The second kappa shape index (κ2) is 3.64. The molecule has 14 heavy (non-hydrogen) atoms. The third-order valence-electron chi connectivity index (χ3n) is 2.38. The number of hydrogen-bond donors (Lipinski definition) is 1. The quantitative estimate of drug-likeness (QED) is 0.787. The van der Waals surface area contributed by atoms with E-state index in [1.807, 2.05) is 0 Å². The molecule has 0 aliphatic heterocycles. The first-order valence-corrected chi connectivity index (χ1v) is 5.28. The zero-order valence-electron chi connectivity index (χ0n) is 9.89. The molecule has 3 heteroatoms. The van der Waals surface area contributed by atoms with E-state index in [-0.39, 0.29) is 5.54 Å². The Morgan fingerprint density at radius 2 is 1.79 bits per heavy atom. The topological polar surface area (TPSA) is 43.8 Å². The predicted octanol–water partition coefficient (Wildman–Crippen LogP) is 2.35. The molecule has 0 fully saturated rings. The van der Waals surface area contributed by atoms with Crippen molar-refractivity contribution in [1.82, 2.24) is 9.55 Å². The summed E-state index contributed by atoms with van der Waals surface area (Å²) in [4.78, 5) is 4.55. The summed E-state index contributed by atoms with van der Waals surface area (Å²) in [6.07, 6.45) is 1.84. The molecule has 80 valence electrons. The Morgan fingerprint density at radius 3 is 2.07 bits per heavy atom. The fourth-order valence-corrected chi connectivity index (χ4v) is 1.78. The van der Waals surface area contributed by atoms with E-state index in [1.54, 1.807) is 0 Å². The summed E-state index contributed by atoms with van der Waals surface area (Å²) in [6.45, 7) is 10.7. The van der Waals surface area contributed by atoms with Crippen LogP contribution in [0.25, 0.3) is 0 Å².